The van der Waals surface area contributed by atoms with Crippen LogP contribution in [0.3, 0.4) is 0 Å². The van der Waals surface area contributed by atoms with Crippen molar-refractivity contribution in [3.63, 3.8) is 0 Å². The zero-order chi connectivity index (χ0) is 43.0. The SMILES string of the molecule is CC/C=C\C/C=C\C/C=C\CCCC(=O)OC(COC(=O)CCCCC/C=C\C=C/CCCC)COC(=O)CCCCCCCCCCCC/C=C\C=C/CCCCC. The summed E-state index contributed by atoms with van der Waals surface area (Å²) in [7, 11) is 0. The summed E-state index contributed by atoms with van der Waals surface area (Å²) in [5, 5.41) is 0. The summed E-state index contributed by atoms with van der Waals surface area (Å²) in [6.45, 7) is 6.35. The molecule has 0 aromatic rings. The maximum atomic E-state index is 12.7. The number of carbonyl (C=O) groups excluding carboxylic acids is 3. The Kier molecular flexibility index (Phi) is 44.5. The molecule has 0 aromatic heterocycles. The fourth-order valence-corrected chi connectivity index (χ4v) is 6.26. The Morgan fingerprint density at radius 3 is 1.24 bits per heavy atom. The van der Waals surface area contributed by atoms with Crippen molar-refractivity contribution < 1.29 is 28.6 Å². The zero-order valence-electron chi connectivity index (χ0n) is 38.2. The van der Waals surface area contributed by atoms with Crippen LogP contribution in [-0.4, -0.2) is 37.2 Å². The average Bonchev–Trinajstić information content (AvgIpc) is 3.23. The number of rotatable bonds is 42. The van der Waals surface area contributed by atoms with Crippen molar-refractivity contribution >= 4 is 17.9 Å². The second-order valence-electron chi connectivity index (χ2n) is 15.7. The van der Waals surface area contributed by atoms with Crippen molar-refractivity contribution in [1.29, 1.82) is 0 Å². The van der Waals surface area contributed by atoms with E-state index in [1.807, 2.05) is 0 Å². The Bertz CT molecular complexity index is 1170. The quantitative estimate of drug-likeness (QED) is 0.0201. The molecule has 0 spiro atoms. The van der Waals surface area contributed by atoms with Crippen molar-refractivity contribution in [1.82, 2.24) is 0 Å². The Hall–Kier alpha value is -3.41. The average molecular weight is 821 g/mol. The molecule has 0 N–H and O–H groups in total. The fraction of sp³-hybridized carbons (Fsp3) is 0.679. The molecule has 0 aliphatic heterocycles. The predicted molar refractivity (Wildman–Crippen MR) is 251 cm³/mol. The van der Waals surface area contributed by atoms with Gasteiger partial charge in [0.2, 0.25) is 0 Å². The van der Waals surface area contributed by atoms with E-state index >= 15 is 0 Å². The van der Waals surface area contributed by atoms with Gasteiger partial charge in [0.15, 0.2) is 6.10 Å². The summed E-state index contributed by atoms with van der Waals surface area (Å²) in [6, 6.07) is 0. The third-order valence-corrected chi connectivity index (χ3v) is 9.91. The highest BCUT2D eigenvalue weighted by atomic mass is 16.6. The van der Waals surface area contributed by atoms with E-state index in [2.05, 4.69) is 106 Å². The van der Waals surface area contributed by atoms with Crippen LogP contribution in [0, 0.1) is 0 Å². The zero-order valence-corrected chi connectivity index (χ0v) is 38.2. The fourth-order valence-electron chi connectivity index (χ4n) is 6.26. The standard InChI is InChI=1S/C53H88O6/c1-4-7-10-13-16-19-22-23-24-25-26-27-28-29-32-34-37-40-43-46-52(55)58-49-50(59-53(56)47-44-41-38-35-31-21-18-15-12-9-6-3)48-57-51(54)45-42-39-36-33-30-20-17-14-11-8-5-2/h9,12,14,16-23,30,35,38,50H,4-8,10-11,13,15,24-29,31-34,36-37,39-49H2,1-3H3/b12-9-,17-14-,19-16-,21-18-,23-22-,30-20-,38-35-. The second-order valence-corrected chi connectivity index (χ2v) is 15.7. The van der Waals surface area contributed by atoms with Crippen LogP contribution in [0.1, 0.15) is 213 Å². The van der Waals surface area contributed by atoms with Gasteiger partial charge in [0.05, 0.1) is 0 Å². The number of esters is 3. The van der Waals surface area contributed by atoms with Crippen molar-refractivity contribution in [2.45, 2.75) is 219 Å². The molecule has 1 unspecified atom stereocenters. The molecule has 1 atom stereocenters. The minimum atomic E-state index is -0.813. The van der Waals surface area contributed by atoms with E-state index < -0.39 is 6.10 Å². The van der Waals surface area contributed by atoms with Gasteiger partial charge in [0.1, 0.15) is 13.2 Å². The van der Waals surface area contributed by atoms with E-state index in [0.717, 1.165) is 77.0 Å². The summed E-state index contributed by atoms with van der Waals surface area (Å²) in [4.78, 5) is 37.8. The summed E-state index contributed by atoms with van der Waals surface area (Å²) in [5.41, 5.74) is 0. The lowest BCUT2D eigenvalue weighted by molar-refractivity contribution is -0.167. The topological polar surface area (TPSA) is 78.9 Å². The molecule has 0 aliphatic rings. The lowest BCUT2D eigenvalue weighted by Crippen LogP contribution is -2.30. The van der Waals surface area contributed by atoms with E-state index in [1.54, 1.807) is 0 Å². The molecule has 0 bridgehead atoms. The van der Waals surface area contributed by atoms with Crippen LogP contribution in [0.25, 0.3) is 0 Å². The maximum Gasteiger partial charge on any atom is 0.306 e. The van der Waals surface area contributed by atoms with Crippen LogP contribution in [0.2, 0.25) is 0 Å². The molecular weight excluding hydrogens is 733 g/mol. The molecule has 0 heterocycles. The molecule has 0 amide bonds. The summed E-state index contributed by atoms with van der Waals surface area (Å²) < 4.78 is 16.6. The van der Waals surface area contributed by atoms with Gasteiger partial charge in [-0.05, 0) is 89.9 Å². The third-order valence-electron chi connectivity index (χ3n) is 9.91. The van der Waals surface area contributed by atoms with Crippen molar-refractivity contribution in [2.75, 3.05) is 13.2 Å². The molecule has 336 valence electrons. The summed E-state index contributed by atoms with van der Waals surface area (Å²) in [6.07, 6.45) is 60.1. The van der Waals surface area contributed by atoms with E-state index in [0.29, 0.717) is 19.3 Å². The second kappa shape index (κ2) is 47.3. The predicted octanol–water partition coefficient (Wildman–Crippen LogP) is 15.6. The van der Waals surface area contributed by atoms with Gasteiger partial charge in [-0.15, -0.1) is 0 Å². The molecule has 0 aromatic carbocycles. The van der Waals surface area contributed by atoms with E-state index in [1.165, 1.54) is 89.9 Å². The van der Waals surface area contributed by atoms with Crippen LogP contribution < -0.4 is 0 Å². The van der Waals surface area contributed by atoms with Crippen LogP contribution >= 0.6 is 0 Å². The lowest BCUT2D eigenvalue weighted by atomic mass is 10.1. The highest BCUT2D eigenvalue weighted by molar-refractivity contribution is 5.71. The molecular formula is C53H88O6. The number of hydrogen-bond acceptors (Lipinski definition) is 6. The first kappa shape index (κ1) is 55.6. The van der Waals surface area contributed by atoms with Gasteiger partial charge >= 0.3 is 17.9 Å². The monoisotopic (exact) mass is 821 g/mol. The Morgan fingerprint density at radius 1 is 0.373 bits per heavy atom. The smallest absolute Gasteiger partial charge is 0.306 e. The van der Waals surface area contributed by atoms with Gasteiger partial charge < -0.3 is 14.2 Å². The summed E-state index contributed by atoms with van der Waals surface area (Å²) in [5.74, 6) is -1.00. The highest BCUT2D eigenvalue weighted by Crippen LogP contribution is 2.13. The number of carbonyl (C=O) groups is 3. The van der Waals surface area contributed by atoms with Crippen molar-refractivity contribution in [3.05, 3.63) is 85.1 Å². The van der Waals surface area contributed by atoms with Gasteiger partial charge in [-0.2, -0.15) is 0 Å². The Morgan fingerprint density at radius 2 is 0.746 bits per heavy atom. The maximum absolute atomic E-state index is 12.7. The van der Waals surface area contributed by atoms with Crippen molar-refractivity contribution in [3.8, 4) is 0 Å². The molecule has 0 saturated carbocycles. The largest absolute Gasteiger partial charge is 0.462 e. The molecule has 59 heavy (non-hydrogen) atoms. The van der Waals surface area contributed by atoms with Gasteiger partial charge in [0.25, 0.3) is 0 Å². The molecule has 6 nitrogen and oxygen atoms in total. The van der Waals surface area contributed by atoms with Gasteiger partial charge in [-0.1, -0.05) is 189 Å². The minimum Gasteiger partial charge on any atom is -0.462 e. The molecule has 0 rings (SSSR count). The first-order chi connectivity index (χ1) is 29.0. The molecule has 6 heteroatoms. The molecule has 0 saturated heterocycles. The van der Waals surface area contributed by atoms with E-state index in [9.17, 15) is 14.4 Å². The first-order valence-electron chi connectivity index (χ1n) is 24.1. The number of unbranched alkanes of at least 4 members (excludes halogenated alkanes) is 19. The van der Waals surface area contributed by atoms with Gasteiger partial charge in [-0.25, -0.2) is 0 Å². The van der Waals surface area contributed by atoms with Gasteiger partial charge in [-0.3, -0.25) is 14.4 Å². The van der Waals surface area contributed by atoms with Crippen LogP contribution in [0.15, 0.2) is 85.1 Å². The Labute approximate surface area is 363 Å². The van der Waals surface area contributed by atoms with Crippen LogP contribution in [0.5, 0.6) is 0 Å². The normalized spacial score (nSPS) is 12.8. The number of hydrogen-bond donors (Lipinski definition) is 0. The highest BCUT2D eigenvalue weighted by Gasteiger charge is 2.19. The number of ether oxygens (including phenoxy) is 3. The van der Waals surface area contributed by atoms with Crippen LogP contribution in [-0.2, 0) is 28.6 Å². The molecule has 0 fully saturated rings. The van der Waals surface area contributed by atoms with Gasteiger partial charge in [0, 0.05) is 19.3 Å². The van der Waals surface area contributed by atoms with Crippen molar-refractivity contribution in [2.24, 2.45) is 0 Å². The lowest BCUT2D eigenvalue weighted by Gasteiger charge is -2.18. The van der Waals surface area contributed by atoms with E-state index in [4.69, 9.17) is 14.2 Å². The first-order valence-corrected chi connectivity index (χ1v) is 24.1. The number of allylic oxidation sites excluding steroid dienone is 14. The van der Waals surface area contributed by atoms with Crippen LogP contribution in [0.4, 0.5) is 0 Å². The van der Waals surface area contributed by atoms with E-state index in [-0.39, 0.29) is 37.5 Å². The third kappa shape index (κ3) is 45.5. The molecule has 0 radical (unpaired) electrons. The Balaban J connectivity index is 4.39. The summed E-state index contributed by atoms with van der Waals surface area (Å²) >= 11 is 0. The minimum absolute atomic E-state index is 0.108. The molecule has 0 aliphatic carbocycles.